The van der Waals surface area contributed by atoms with Crippen LogP contribution in [-0.4, -0.2) is 11.9 Å². The summed E-state index contributed by atoms with van der Waals surface area (Å²) in [4.78, 5) is 19.3. The Bertz CT molecular complexity index is 99.8. The summed E-state index contributed by atoms with van der Waals surface area (Å²) in [5.74, 6) is -0.318. The average molecular weight is 519 g/mol. The first-order valence-corrected chi connectivity index (χ1v) is 6.88. The SMILES string of the molecule is CC(=O)[O][Hg].CC(=O)[O][Hg]. The van der Waals surface area contributed by atoms with Crippen molar-refractivity contribution < 1.29 is 68.0 Å². The Kier molecular flexibility index (Phi) is 13.1. The number of carbonyl (C=O) groups is 2. The van der Waals surface area contributed by atoms with Crippen LogP contribution in [0.4, 0.5) is 0 Å². The Morgan fingerprint density at radius 1 is 1.00 bits per heavy atom. The molecule has 4 nitrogen and oxygen atoms in total. The van der Waals surface area contributed by atoms with Gasteiger partial charge in [-0.2, -0.15) is 0 Å². The molecule has 0 amide bonds. The van der Waals surface area contributed by atoms with E-state index in [4.69, 9.17) is 0 Å². The first-order valence-electron chi connectivity index (χ1n) is 2.39. The minimum atomic E-state index is -0.159. The van der Waals surface area contributed by atoms with Gasteiger partial charge in [-0.15, -0.1) is 0 Å². The summed E-state index contributed by atoms with van der Waals surface area (Å²) in [5.41, 5.74) is 0. The maximum absolute atomic E-state index is 9.64. The summed E-state index contributed by atoms with van der Waals surface area (Å²) >= 11 is 0.387. The van der Waals surface area contributed by atoms with Gasteiger partial charge in [-0.05, 0) is 0 Å². The molecular formula is C4H6Hg2O4. The molecule has 6 heteroatoms. The molecule has 0 saturated carbocycles. The van der Waals surface area contributed by atoms with Crippen LogP contribution >= 0.6 is 0 Å². The molecule has 0 N–H and O–H groups in total. The van der Waals surface area contributed by atoms with Crippen LogP contribution in [0.2, 0.25) is 0 Å². The van der Waals surface area contributed by atoms with E-state index in [0.29, 0.717) is 0 Å². The topological polar surface area (TPSA) is 52.6 Å². The molecule has 0 aromatic heterocycles. The first-order chi connectivity index (χ1) is 4.54. The Labute approximate surface area is 92.9 Å². The van der Waals surface area contributed by atoms with Gasteiger partial charge in [0.25, 0.3) is 0 Å². The van der Waals surface area contributed by atoms with Crippen molar-refractivity contribution in [2.45, 2.75) is 13.8 Å². The standard InChI is InChI=1S/2C2H4O2.2Hg/c2*1-2(3)4;;/h2*1H3,(H,3,4);;/q;;2*+1/p-2. The second-order valence-electron chi connectivity index (χ2n) is 1.27. The molecule has 0 heterocycles. The number of rotatable bonds is 0. The van der Waals surface area contributed by atoms with E-state index in [9.17, 15) is 9.59 Å². The van der Waals surface area contributed by atoms with E-state index in [1.165, 1.54) is 13.8 Å². The van der Waals surface area contributed by atoms with Crippen LogP contribution in [-0.2, 0) is 68.0 Å². The van der Waals surface area contributed by atoms with Gasteiger partial charge in [-0.1, -0.05) is 0 Å². The molecule has 0 unspecified atom stereocenters. The third kappa shape index (κ3) is 23.2. The third-order valence-electron chi connectivity index (χ3n) is 0.407. The zero-order valence-electron chi connectivity index (χ0n) is 6.05. The monoisotopic (exact) mass is 522 g/mol. The van der Waals surface area contributed by atoms with E-state index in [1.54, 1.807) is 0 Å². The van der Waals surface area contributed by atoms with Crippen molar-refractivity contribution in [3.8, 4) is 0 Å². The summed E-state index contributed by atoms with van der Waals surface area (Å²) in [7, 11) is 0. The Morgan fingerprint density at radius 2 is 1.10 bits per heavy atom. The summed E-state index contributed by atoms with van der Waals surface area (Å²) < 4.78 is 8.61. The van der Waals surface area contributed by atoms with Gasteiger partial charge in [0.1, 0.15) is 0 Å². The predicted molar refractivity (Wildman–Crippen MR) is 23.5 cm³/mol. The summed E-state index contributed by atoms with van der Waals surface area (Å²) in [6.07, 6.45) is 0. The molecule has 0 aliphatic carbocycles. The Balaban J connectivity index is 0. The van der Waals surface area contributed by atoms with Crippen molar-refractivity contribution >= 4 is 11.9 Å². The van der Waals surface area contributed by atoms with Crippen molar-refractivity contribution in [1.29, 1.82) is 0 Å². The molecule has 0 aliphatic rings. The van der Waals surface area contributed by atoms with E-state index < -0.39 is 0 Å². The summed E-state index contributed by atoms with van der Waals surface area (Å²) in [6.45, 7) is 2.82. The first kappa shape index (κ1) is 13.4. The number of hydrogen-bond donors (Lipinski definition) is 0. The second-order valence-corrected chi connectivity index (χ2v) is 3.52. The van der Waals surface area contributed by atoms with E-state index in [0.717, 1.165) is 0 Å². The van der Waals surface area contributed by atoms with Gasteiger partial charge in [0.2, 0.25) is 0 Å². The van der Waals surface area contributed by atoms with E-state index in [1.807, 2.05) is 0 Å². The third-order valence-corrected chi connectivity index (χ3v) is 3.57. The molecule has 0 aromatic rings. The molecule has 0 radical (unpaired) electrons. The predicted octanol–water partition coefficient (Wildman–Crippen LogP) is 0.0226. The Hall–Kier alpha value is 0.810. The normalized spacial score (nSPS) is 7.00. The van der Waals surface area contributed by atoms with Crippen molar-refractivity contribution in [3.63, 3.8) is 0 Å². The van der Waals surface area contributed by atoms with Crippen LogP contribution < -0.4 is 0 Å². The van der Waals surface area contributed by atoms with Crippen molar-refractivity contribution in [2.24, 2.45) is 0 Å². The molecule has 0 aromatic carbocycles. The second kappa shape index (κ2) is 9.81. The molecule has 0 bridgehead atoms. The van der Waals surface area contributed by atoms with Gasteiger partial charge in [0.15, 0.2) is 0 Å². The Morgan fingerprint density at radius 3 is 1.10 bits per heavy atom. The van der Waals surface area contributed by atoms with Gasteiger partial charge in [-0.3, -0.25) is 0 Å². The van der Waals surface area contributed by atoms with Crippen molar-refractivity contribution in [2.75, 3.05) is 0 Å². The molecule has 0 spiro atoms. The average Bonchev–Trinajstić information content (AvgIpc) is 1.89. The zero-order valence-corrected chi connectivity index (χ0v) is 17.0. The molecule has 0 aliphatic heterocycles. The number of carbonyl (C=O) groups excluding carboxylic acids is 2. The van der Waals surface area contributed by atoms with Crippen molar-refractivity contribution in [1.82, 2.24) is 0 Å². The molecule has 0 saturated heterocycles. The van der Waals surface area contributed by atoms with E-state index in [2.05, 4.69) is 5.29 Å². The fourth-order valence-corrected chi connectivity index (χ4v) is 0. The van der Waals surface area contributed by atoms with Crippen LogP contribution in [0.1, 0.15) is 13.8 Å². The van der Waals surface area contributed by atoms with Crippen LogP contribution in [0.5, 0.6) is 0 Å². The van der Waals surface area contributed by atoms with Gasteiger partial charge < -0.3 is 0 Å². The van der Waals surface area contributed by atoms with Gasteiger partial charge in [0, 0.05) is 0 Å². The molecule has 0 rings (SSSR count). The van der Waals surface area contributed by atoms with E-state index in [-0.39, 0.29) is 65.1 Å². The summed E-state index contributed by atoms with van der Waals surface area (Å²) in [6, 6.07) is 0. The number of hydrogen-bond acceptors (Lipinski definition) is 4. The molecule has 50 valence electrons. The minimum absolute atomic E-state index is 0.159. The van der Waals surface area contributed by atoms with Gasteiger partial charge >= 0.3 is 93.8 Å². The maximum atomic E-state index is 9.64. The van der Waals surface area contributed by atoms with Crippen molar-refractivity contribution in [3.05, 3.63) is 0 Å². The van der Waals surface area contributed by atoms with Gasteiger partial charge in [0.05, 0.1) is 0 Å². The van der Waals surface area contributed by atoms with E-state index >= 15 is 0 Å². The van der Waals surface area contributed by atoms with Gasteiger partial charge in [-0.25, -0.2) is 0 Å². The van der Waals surface area contributed by atoms with Crippen LogP contribution in [0.15, 0.2) is 0 Å². The zero-order chi connectivity index (χ0) is 8.57. The van der Waals surface area contributed by atoms with Crippen LogP contribution in [0.3, 0.4) is 0 Å². The van der Waals surface area contributed by atoms with Crippen LogP contribution in [0.25, 0.3) is 0 Å². The molecule has 0 atom stereocenters. The fraction of sp³-hybridized carbons (Fsp3) is 0.500. The quantitative estimate of drug-likeness (QED) is 0.424. The molecular weight excluding hydrogens is 513 g/mol. The summed E-state index contributed by atoms with van der Waals surface area (Å²) in [5, 5.41) is 0. The fourth-order valence-electron chi connectivity index (χ4n) is 0. The molecule has 0 fully saturated rings. The molecule has 10 heavy (non-hydrogen) atoms. The van der Waals surface area contributed by atoms with Crippen LogP contribution in [0, 0.1) is 0 Å².